The van der Waals surface area contributed by atoms with E-state index in [2.05, 4.69) is 19.9 Å². The fourth-order valence-electron chi connectivity index (χ4n) is 1.96. The Morgan fingerprint density at radius 3 is 2.58 bits per heavy atom. The van der Waals surface area contributed by atoms with Crippen LogP contribution in [0.5, 0.6) is 5.75 Å². The van der Waals surface area contributed by atoms with E-state index in [0.29, 0.717) is 11.6 Å². The van der Waals surface area contributed by atoms with Crippen LogP contribution in [0.15, 0.2) is 42.5 Å². The third kappa shape index (κ3) is 3.28. The van der Waals surface area contributed by atoms with Crippen LogP contribution in [0, 0.1) is 13.8 Å². The molecule has 2 rings (SSSR count). The number of aryl methyl sites for hydroxylation is 1. The van der Waals surface area contributed by atoms with E-state index in [-0.39, 0.29) is 6.10 Å². The van der Waals surface area contributed by atoms with E-state index < -0.39 is 0 Å². The van der Waals surface area contributed by atoms with Crippen LogP contribution in [0.25, 0.3) is 0 Å². The number of benzene rings is 2. The fourth-order valence-corrected chi connectivity index (χ4v) is 2.16. The van der Waals surface area contributed by atoms with Crippen LogP contribution in [0.4, 0.5) is 0 Å². The molecular weight excluding hydrogens is 258 g/mol. The van der Waals surface area contributed by atoms with Crippen LogP contribution in [0.1, 0.15) is 22.8 Å². The van der Waals surface area contributed by atoms with Gasteiger partial charge in [-0.25, -0.2) is 0 Å². The molecule has 3 heteroatoms. The summed E-state index contributed by atoms with van der Waals surface area (Å²) in [7, 11) is 0. The number of rotatable bonds is 4. The summed E-state index contributed by atoms with van der Waals surface area (Å²) in [5.41, 5.74) is 9.17. The SMILES string of the molecule is Cc1cccc(OC(CN)c2cccc(Cl)c2)c1C. The van der Waals surface area contributed by atoms with Crippen LogP contribution < -0.4 is 10.5 Å². The zero-order valence-electron chi connectivity index (χ0n) is 11.2. The maximum atomic E-state index is 6.03. The maximum absolute atomic E-state index is 6.03. The summed E-state index contributed by atoms with van der Waals surface area (Å²) >= 11 is 6.01. The van der Waals surface area contributed by atoms with Crippen molar-refractivity contribution in [1.82, 2.24) is 0 Å². The Bertz CT molecular complexity index is 568. The number of hydrogen-bond donors (Lipinski definition) is 1. The summed E-state index contributed by atoms with van der Waals surface area (Å²) in [4.78, 5) is 0. The normalized spacial score (nSPS) is 12.2. The van der Waals surface area contributed by atoms with Gasteiger partial charge in [0.25, 0.3) is 0 Å². The first-order valence-corrected chi connectivity index (χ1v) is 6.68. The minimum atomic E-state index is -0.181. The zero-order valence-corrected chi connectivity index (χ0v) is 11.9. The predicted octanol–water partition coefficient (Wildman–Crippen LogP) is 4.04. The predicted molar refractivity (Wildman–Crippen MR) is 79.8 cm³/mol. The van der Waals surface area contributed by atoms with Gasteiger partial charge in [0.1, 0.15) is 11.9 Å². The second kappa shape index (κ2) is 6.09. The van der Waals surface area contributed by atoms with Crippen molar-refractivity contribution in [3.05, 3.63) is 64.2 Å². The molecule has 0 spiro atoms. The molecule has 19 heavy (non-hydrogen) atoms. The Balaban J connectivity index is 2.26. The van der Waals surface area contributed by atoms with Crippen molar-refractivity contribution in [2.75, 3.05) is 6.54 Å². The van der Waals surface area contributed by atoms with Crippen LogP contribution in [-0.2, 0) is 0 Å². The van der Waals surface area contributed by atoms with Gasteiger partial charge in [0.05, 0.1) is 0 Å². The Morgan fingerprint density at radius 2 is 1.89 bits per heavy atom. The second-order valence-electron chi connectivity index (χ2n) is 4.60. The van der Waals surface area contributed by atoms with Gasteiger partial charge in [-0.15, -0.1) is 0 Å². The van der Waals surface area contributed by atoms with E-state index in [1.54, 1.807) is 0 Å². The minimum absolute atomic E-state index is 0.181. The largest absolute Gasteiger partial charge is 0.484 e. The van der Waals surface area contributed by atoms with Crippen molar-refractivity contribution in [3.63, 3.8) is 0 Å². The summed E-state index contributed by atoms with van der Waals surface area (Å²) in [5, 5.41) is 0.695. The van der Waals surface area contributed by atoms with Crippen LogP contribution in [0.2, 0.25) is 5.02 Å². The van der Waals surface area contributed by atoms with E-state index in [1.807, 2.05) is 36.4 Å². The fraction of sp³-hybridized carbons (Fsp3) is 0.250. The number of nitrogens with two attached hydrogens (primary N) is 1. The molecule has 1 atom stereocenters. The zero-order chi connectivity index (χ0) is 13.8. The Kier molecular flexibility index (Phi) is 4.46. The maximum Gasteiger partial charge on any atom is 0.136 e. The van der Waals surface area contributed by atoms with Gasteiger partial charge in [-0.3, -0.25) is 0 Å². The average Bonchev–Trinajstić information content (AvgIpc) is 2.40. The molecule has 0 bridgehead atoms. The van der Waals surface area contributed by atoms with Gasteiger partial charge in [0.15, 0.2) is 0 Å². The second-order valence-corrected chi connectivity index (χ2v) is 5.03. The lowest BCUT2D eigenvalue weighted by Crippen LogP contribution is -2.18. The van der Waals surface area contributed by atoms with Gasteiger partial charge in [-0.1, -0.05) is 35.9 Å². The molecule has 0 aromatic heterocycles. The quantitative estimate of drug-likeness (QED) is 0.914. The van der Waals surface area contributed by atoms with Gasteiger partial charge in [-0.05, 0) is 48.7 Å². The molecular formula is C16H18ClNO. The molecule has 0 heterocycles. The monoisotopic (exact) mass is 275 g/mol. The highest BCUT2D eigenvalue weighted by Gasteiger charge is 2.13. The number of ether oxygens (including phenoxy) is 1. The van der Waals surface area contributed by atoms with Crippen LogP contribution in [0.3, 0.4) is 0 Å². The number of halogens is 1. The molecule has 0 saturated heterocycles. The van der Waals surface area contributed by atoms with Crippen molar-refractivity contribution < 1.29 is 4.74 Å². The highest BCUT2D eigenvalue weighted by molar-refractivity contribution is 6.30. The molecule has 2 aromatic carbocycles. The molecule has 0 aliphatic carbocycles. The van der Waals surface area contributed by atoms with Crippen LogP contribution in [-0.4, -0.2) is 6.54 Å². The topological polar surface area (TPSA) is 35.2 Å². The van der Waals surface area contributed by atoms with Gasteiger partial charge >= 0.3 is 0 Å². The third-order valence-corrected chi connectivity index (χ3v) is 3.49. The standard InChI is InChI=1S/C16H18ClNO/c1-11-5-3-8-15(12(11)2)19-16(10-18)13-6-4-7-14(17)9-13/h3-9,16H,10,18H2,1-2H3. The summed E-state index contributed by atoms with van der Waals surface area (Å²) in [6.07, 6.45) is -0.181. The first-order valence-electron chi connectivity index (χ1n) is 6.30. The highest BCUT2D eigenvalue weighted by Crippen LogP contribution is 2.27. The Hall–Kier alpha value is -1.51. The van der Waals surface area contributed by atoms with Crippen molar-refractivity contribution in [1.29, 1.82) is 0 Å². The molecule has 0 saturated carbocycles. The summed E-state index contributed by atoms with van der Waals surface area (Å²) in [6.45, 7) is 4.53. The molecule has 2 nitrogen and oxygen atoms in total. The smallest absolute Gasteiger partial charge is 0.136 e. The molecule has 0 aliphatic heterocycles. The minimum Gasteiger partial charge on any atom is -0.484 e. The average molecular weight is 276 g/mol. The first-order chi connectivity index (χ1) is 9.11. The molecule has 2 N–H and O–H groups in total. The van der Waals surface area contributed by atoms with E-state index in [9.17, 15) is 0 Å². The van der Waals surface area contributed by atoms with Crippen molar-refractivity contribution >= 4 is 11.6 Å². The van der Waals surface area contributed by atoms with E-state index in [4.69, 9.17) is 22.1 Å². The van der Waals surface area contributed by atoms with Crippen molar-refractivity contribution in [3.8, 4) is 5.75 Å². The van der Waals surface area contributed by atoms with Crippen LogP contribution >= 0.6 is 11.6 Å². The molecule has 0 radical (unpaired) electrons. The summed E-state index contributed by atoms with van der Waals surface area (Å²) in [6, 6.07) is 13.7. The van der Waals surface area contributed by atoms with Gasteiger partial charge in [0.2, 0.25) is 0 Å². The third-order valence-electron chi connectivity index (χ3n) is 3.26. The Labute approximate surface area is 119 Å². The van der Waals surface area contributed by atoms with E-state index in [0.717, 1.165) is 16.9 Å². The lowest BCUT2D eigenvalue weighted by molar-refractivity contribution is 0.212. The van der Waals surface area contributed by atoms with Gasteiger partial charge in [-0.2, -0.15) is 0 Å². The number of hydrogen-bond acceptors (Lipinski definition) is 2. The molecule has 2 aromatic rings. The highest BCUT2D eigenvalue weighted by atomic mass is 35.5. The molecule has 1 unspecified atom stereocenters. The van der Waals surface area contributed by atoms with Crippen molar-refractivity contribution in [2.24, 2.45) is 5.73 Å². The molecule has 0 fully saturated rings. The van der Waals surface area contributed by atoms with E-state index in [1.165, 1.54) is 5.56 Å². The summed E-state index contributed by atoms with van der Waals surface area (Å²) < 4.78 is 6.03. The Morgan fingerprint density at radius 1 is 1.16 bits per heavy atom. The lowest BCUT2D eigenvalue weighted by Gasteiger charge is -2.20. The van der Waals surface area contributed by atoms with Gasteiger partial charge < -0.3 is 10.5 Å². The molecule has 100 valence electrons. The molecule has 0 amide bonds. The van der Waals surface area contributed by atoms with E-state index >= 15 is 0 Å². The first kappa shape index (κ1) is 13.9. The lowest BCUT2D eigenvalue weighted by atomic mass is 10.1. The van der Waals surface area contributed by atoms with Crippen molar-refractivity contribution in [2.45, 2.75) is 20.0 Å². The molecule has 0 aliphatic rings. The van der Waals surface area contributed by atoms with Gasteiger partial charge in [0, 0.05) is 11.6 Å². The summed E-state index contributed by atoms with van der Waals surface area (Å²) in [5.74, 6) is 0.871.